The van der Waals surface area contributed by atoms with Gasteiger partial charge in [0.2, 0.25) is 0 Å². The largest absolute Gasteiger partial charge is 0.478 e. The second kappa shape index (κ2) is 6.57. The summed E-state index contributed by atoms with van der Waals surface area (Å²) < 4.78 is 2.25. The van der Waals surface area contributed by atoms with Crippen molar-refractivity contribution in [3.8, 4) is 16.9 Å². The number of aromatic nitrogens is 3. The first-order valence-electron chi connectivity index (χ1n) is 8.00. The van der Waals surface area contributed by atoms with Crippen LogP contribution in [0.15, 0.2) is 51.9 Å². The summed E-state index contributed by atoms with van der Waals surface area (Å²) in [5.41, 5.74) is 1.13. The maximum atomic E-state index is 12.8. The third-order valence-corrected chi connectivity index (χ3v) is 4.51. The molecule has 0 radical (unpaired) electrons. The van der Waals surface area contributed by atoms with Crippen LogP contribution in [-0.4, -0.2) is 25.8 Å². The van der Waals surface area contributed by atoms with E-state index in [9.17, 15) is 14.7 Å². The predicted octanol–water partition coefficient (Wildman–Crippen LogP) is 3.99. The minimum Gasteiger partial charge on any atom is -0.478 e. The van der Waals surface area contributed by atoms with Gasteiger partial charge < -0.3 is 5.11 Å². The number of hydrogen-bond donors (Lipinski definition) is 2. The zero-order valence-corrected chi connectivity index (χ0v) is 16.2. The second-order valence-corrected chi connectivity index (χ2v) is 7.87. The fourth-order valence-corrected chi connectivity index (χ4v) is 2.96. The molecule has 0 atom stereocenters. The van der Waals surface area contributed by atoms with E-state index in [-0.39, 0.29) is 11.1 Å². The summed E-state index contributed by atoms with van der Waals surface area (Å²) in [6.45, 7) is 5.66. The highest BCUT2D eigenvalue weighted by Gasteiger charge is 2.24. The van der Waals surface area contributed by atoms with Crippen molar-refractivity contribution < 1.29 is 9.90 Å². The number of aromatic amines is 1. The number of nitrogens with zero attached hydrogens (tertiary/aromatic N) is 2. The lowest BCUT2D eigenvalue weighted by Crippen LogP contribution is -2.23. The highest BCUT2D eigenvalue weighted by atomic mass is 79.9. The van der Waals surface area contributed by atoms with Gasteiger partial charge in [0.05, 0.1) is 16.8 Å². The quantitative estimate of drug-likeness (QED) is 0.676. The molecule has 0 fully saturated rings. The molecule has 7 heteroatoms. The number of H-pyrrole nitrogens is 1. The number of carboxylic acids is 1. The summed E-state index contributed by atoms with van der Waals surface area (Å²) in [4.78, 5) is 28.7. The van der Waals surface area contributed by atoms with Gasteiger partial charge in [-0.2, -0.15) is 0 Å². The van der Waals surface area contributed by atoms with Crippen LogP contribution in [0.2, 0.25) is 0 Å². The molecule has 0 saturated carbocycles. The lowest BCUT2D eigenvalue weighted by atomic mass is 9.88. The Kier molecular flexibility index (Phi) is 4.58. The summed E-state index contributed by atoms with van der Waals surface area (Å²) in [6, 6.07) is 10.4. The number of pyridine rings is 1. The molecule has 134 valence electrons. The van der Waals surface area contributed by atoms with E-state index in [0.29, 0.717) is 17.1 Å². The molecule has 0 aliphatic heterocycles. The molecule has 0 aliphatic rings. The van der Waals surface area contributed by atoms with Gasteiger partial charge in [0.15, 0.2) is 5.82 Å². The van der Waals surface area contributed by atoms with Crippen LogP contribution in [0.5, 0.6) is 0 Å². The van der Waals surface area contributed by atoms with Crippen LogP contribution >= 0.6 is 15.9 Å². The van der Waals surface area contributed by atoms with Gasteiger partial charge in [0, 0.05) is 16.1 Å². The van der Waals surface area contributed by atoms with E-state index in [1.807, 2.05) is 45.0 Å². The highest BCUT2D eigenvalue weighted by Crippen LogP contribution is 2.25. The molecular weight excluding hydrogens is 398 g/mol. The highest BCUT2D eigenvalue weighted by molar-refractivity contribution is 9.10. The fourth-order valence-electron chi connectivity index (χ4n) is 2.69. The van der Waals surface area contributed by atoms with E-state index < -0.39 is 11.4 Å². The van der Waals surface area contributed by atoms with E-state index >= 15 is 0 Å². The van der Waals surface area contributed by atoms with E-state index in [2.05, 4.69) is 26.0 Å². The molecule has 26 heavy (non-hydrogen) atoms. The number of hydrogen-bond acceptors (Lipinski definition) is 3. The Balaban J connectivity index is 2.12. The third kappa shape index (κ3) is 3.35. The Morgan fingerprint density at radius 2 is 1.81 bits per heavy atom. The number of carboxylic acid groups (broad SMARTS) is 1. The van der Waals surface area contributed by atoms with E-state index in [0.717, 1.165) is 10.0 Å². The van der Waals surface area contributed by atoms with Crippen LogP contribution in [0.4, 0.5) is 0 Å². The first kappa shape index (κ1) is 18.1. The lowest BCUT2D eigenvalue weighted by Gasteiger charge is -2.20. The zero-order chi connectivity index (χ0) is 19.1. The molecule has 0 unspecified atom stereocenters. The summed E-state index contributed by atoms with van der Waals surface area (Å²) in [5, 5.41) is 12.3. The summed E-state index contributed by atoms with van der Waals surface area (Å²) in [6.07, 6.45) is 1.62. The standard InChI is InChI=1S/C19H18BrN3O3/c1-19(2,3)16-13(18(25)26)8-9-15(22-16)23-17(24)14(10-21-23)11-4-6-12(20)7-5-11/h4-10,21H,1-3H3,(H,25,26). The van der Waals surface area contributed by atoms with Crippen molar-refractivity contribution in [2.75, 3.05) is 0 Å². The summed E-state index contributed by atoms with van der Waals surface area (Å²) in [7, 11) is 0. The number of benzene rings is 1. The molecule has 2 aromatic heterocycles. The average molecular weight is 416 g/mol. The second-order valence-electron chi connectivity index (χ2n) is 6.96. The van der Waals surface area contributed by atoms with Crippen molar-refractivity contribution in [3.05, 3.63) is 68.7 Å². The van der Waals surface area contributed by atoms with Crippen molar-refractivity contribution in [2.24, 2.45) is 0 Å². The fraction of sp³-hybridized carbons (Fsp3) is 0.211. The maximum Gasteiger partial charge on any atom is 0.337 e. The van der Waals surface area contributed by atoms with Crippen LogP contribution in [0.3, 0.4) is 0 Å². The van der Waals surface area contributed by atoms with Crippen molar-refractivity contribution in [1.29, 1.82) is 0 Å². The molecule has 0 saturated heterocycles. The smallest absolute Gasteiger partial charge is 0.337 e. The van der Waals surface area contributed by atoms with Crippen molar-refractivity contribution in [2.45, 2.75) is 26.2 Å². The van der Waals surface area contributed by atoms with E-state index in [4.69, 9.17) is 0 Å². The molecule has 0 aliphatic carbocycles. The minimum absolute atomic E-state index is 0.133. The number of nitrogens with one attached hydrogen (secondary N) is 1. The molecular formula is C19H18BrN3O3. The maximum absolute atomic E-state index is 12.8. The minimum atomic E-state index is -1.04. The van der Waals surface area contributed by atoms with Gasteiger partial charge >= 0.3 is 5.97 Å². The Bertz CT molecular complexity index is 1030. The Hall–Kier alpha value is -2.67. The molecule has 0 amide bonds. The molecule has 2 heterocycles. The topological polar surface area (TPSA) is 88.0 Å². The molecule has 3 rings (SSSR count). The van der Waals surface area contributed by atoms with Gasteiger partial charge in [0.1, 0.15) is 0 Å². The van der Waals surface area contributed by atoms with Crippen LogP contribution < -0.4 is 5.56 Å². The molecule has 3 aromatic rings. The zero-order valence-electron chi connectivity index (χ0n) is 14.6. The SMILES string of the molecule is CC(C)(C)c1nc(-n2[nH]cc(-c3ccc(Br)cc3)c2=O)ccc1C(=O)O. The average Bonchev–Trinajstić information content (AvgIpc) is 2.96. The predicted molar refractivity (Wildman–Crippen MR) is 103 cm³/mol. The van der Waals surface area contributed by atoms with E-state index in [1.54, 1.807) is 6.20 Å². The van der Waals surface area contributed by atoms with Crippen LogP contribution in [0.1, 0.15) is 36.8 Å². The number of halogens is 1. The van der Waals surface area contributed by atoms with Gasteiger partial charge in [-0.3, -0.25) is 9.89 Å². The monoisotopic (exact) mass is 415 g/mol. The molecule has 6 nitrogen and oxygen atoms in total. The molecule has 0 bridgehead atoms. The normalized spacial score (nSPS) is 11.5. The molecule has 0 spiro atoms. The van der Waals surface area contributed by atoms with Gasteiger partial charge in [-0.25, -0.2) is 14.5 Å². The van der Waals surface area contributed by atoms with Crippen LogP contribution in [0.25, 0.3) is 16.9 Å². The number of carbonyl (C=O) groups is 1. The summed E-state index contributed by atoms with van der Waals surface area (Å²) in [5.74, 6) is -0.684. The van der Waals surface area contributed by atoms with E-state index in [1.165, 1.54) is 16.8 Å². The summed E-state index contributed by atoms with van der Waals surface area (Å²) >= 11 is 3.37. The van der Waals surface area contributed by atoms with Gasteiger partial charge in [0.25, 0.3) is 5.56 Å². The molecule has 2 N–H and O–H groups in total. The van der Waals surface area contributed by atoms with Crippen molar-refractivity contribution >= 4 is 21.9 Å². The van der Waals surface area contributed by atoms with Crippen molar-refractivity contribution in [3.63, 3.8) is 0 Å². The lowest BCUT2D eigenvalue weighted by molar-refractivity contribution is 0.0693. The third-order valence-electron chi connectivity index (χ3n) is 3.98. The Morgan fingerprint density at radius 3 is 2.38 bits per heavy atom. The first-order valence-corrected chi connectivity index (χ1v) is 8.79. The van der Waals surface area contributed by atoms with Crippen LogP contribution in [0, 0.1) is 0 Å². The van der Waals surface area contributed by atoms with Gasteiger partial charge in [-0.05, 0) is 29.8 Å². The molecule has 1 aromatic carbocycles. The Labute approximate surface area is 158 Å². The van der Waals surface area contributed by atoms with Gasteiger partial charge in [-0.15, -0.1) is 0 Å². The first-order chi connectivity index (χ1) is 12.2. The van der Waals surface area contributed by atoms with Crippen LogP contribution in [-0.2, 0) is 5.41 Å². The Morgan fingerprint density at radius 1 is 1.15 bits per heavy atom. The number of rotatable bonds is 3. The van der Waals surface area contributed by atoms with Gasteiger partial charge in [-0.1, -0.05) is 48.8 Å². The van der Waals surface area contributed by atoms with Crippen molar-refractivity contribution in [1.82, 2.24) is 14.8 Å². The number of aromatic carboxylic acids is 1.